The Labute approximate surface area is 434 Å². The number of nitrogens with one attached hydrogen (secondary N) is 3. The number of thiazole rings is 1. The molecule has 7 rings (SSSR count). The number of fused-ring (bicyclic) bond motifs is 3. The van der Waals surface area contributed by atoms with Gasteiger partial charge in [-0.25, -0.2) is 4.98 Å². The number of likely N-dealkylation sites (tertiary alicyclic amines) is 1. The molecule has 2 aliphatic heterocycles. The van der Waals surface area contributed by atoms with E-state index in [4.69, 9.17) is 40.3 Å². The molecule has 5 aromatic rings. The van der Waals surface area contributed by atoms with Gasteiger partial charge in [-0.05, 0) is 60.7 Å². The predicted octanol–water partition coefficient (Wildman–Crippen LogP) is 4.94. The van der Waals surface area contributed by atoms with Crippen LogP contribution < -0.4 is 20.7 Å². The van der Waals surface area contributed by atoms with Crippen LogP contribution in [0.4, 0.5) is 0 Å². The lowest BCUT2D eigenvalue weighted by Crippen LogP contribution is -2.58. The Morgan fingerprint density at radius 2 is 1.52 bits per heavy atom. The van der Waals surface area contributed by atoms with Gasteiger partial charge in [0.2, 0.25) is 23.6 Å². The summed E-state index contributed by atoms with van der Waals surface area (Å²) in [5, 5.41) is 28.5. The quantitative estimate of drug-likeness (QED) is 0.0601. The number of aryl methyl sites for hydroxylation is 2. The number of benzene rings is 3. The first-order valence-electron chi connectivity index (χ1n) is 24.2. The van der Waals surface area contributed by atoms with Gasteiger partial charge in [0.1, 0.15) is 36.3 Å². The van der Waals surface area contributed by atoms with Crippen molar-refractivity contribution in [1.29, 1.82) is 0 Å². The molecule has 2 aliphatic rings. The Hall–Kier alpha value is -6.13. The third kappa shape index (κ3) is 14.6. The summed E-state index contributed by atoms with van der Waals surface area (Å²) in [6.45, 7) is 11.3. The Morgan fingerprint density at radius 1 is 0.849 bits per heavy atom. The van der Waals surface area contributed by atoms with E-state index in [-0.39, 0.29) is 77.3 Å². The molecule has 0 saturated carbocycles. The van der Waals surface area contributed by atoms with Crippen molar-refractivity contribution >= 4 is 52.3 Å². The number of nitrogens with zero attached hydrogens (tertiary/aromatic N) is 6. The SMILES string of the molecule is COc1ccc2c(c1)C(c1ccc(Cl)cc1)=NC(CC(=O)NCCOCCOCCOCCOCC(=O)N[C@H](C(=O)N1C[C@H](O)C[C@H]1C(=O)NCc1ccc(-c3scnc3C)cc1)C(C)(C)C)c1nnc(C)n1-2. The molecule has 1 fully saturated rings. The number of aliphatic hydroxyl groups is 1. The maximum Gasteiger partial charge on any atom is 0.246 e. The van der Waals surface area contributed by atoms with Crippen LogP contribution in [0.1, 0.15) is 73.7 Å². The van der Waals surface area contributed by atoms with Crippen molar-refractivity contribution in [1.82, 2.24) is 40.6 Å². The average molecular weight is 1040 g/mol. The molecule has 0 bridgehead atoms. The second kappa shape index (κ2) is 25.7. The maximum atomic E-state index is 14.0. The van der Waals surface area contributed by atoms with Crippen LogP contribution >= 0.6 is 22.9 Å². The normalized spacial score (nSPS) is 16.7. The zero-order valence-corrected chi connectivity index (χ0v) is 43.6. The molecule has 1 unspecified atom stereocenters. The van der Waals surface area contributed by atoms with Gasteiger partial charge in [-0.15, -0.1) is 21.5 Å². The molecule has 21 heteroatoms. The fraction of sp³-hybridized carbons (Fsp3) is 0.462. The molecule has 3 aromatic carbocycles. The number of halogens is 1. The summed E-state index contributed by atoms with van der Waals surface area (Å²) in [5.41, 5.74) is 7.11. The smallest absolute Gasteiger partial charge is 0.246 e. The van der Waals surface area contributed by atoms with Gasteiger partial charge < -0.3 is 49.6 Å². The van der Waals surface area contributed by atoms with E-state index in [1.807, 2.05) is 99.3 Å². The minimum absolute atomic E-state index is 0.0283. The first-order valence-corrected chi connectivity index (χ1v) is 25.4. The van der Waals surface area contributed by atoms with E-state index < -0.39 is 41.5 Å². The first-order chi connectivity index (χ1) is 35.1. The second-order valence-corrected chi connectivity index (χ2v) is 20.0. The summed E-state index contributed by atoms with van der Waals surface area (Å²) >= 11 is 7.79. The zero-order valence-electron chi connectivity index (χ0n) is 42.0. The molecule has 2 aromatic heterocycles. The van der Waals surface area contributed by atoms with E-state index in [9.17, 15) is 24.3 Å². The van der Waals surface area contributed by atoms with Gasteiger partial charge in [-0.1, -0.05) is 68.8 Å². The molecule has 73 heavy (non-hydrogen) atoms. The number of carbonyl (C=O) groups is 4. The number of carbonyl (C=O) groups excluding carboxylic acids is 4. The van der Waals surface area contributed by atoms with Crippen LogP contribution in [0.25, 0.3) is 16.1 Å². The molecule has 0 radical (unpaired) electrons. The van der Waals surface area contributed by atoms with Crippen LogP contribution in [-0.4, -0.2) is 150 Å². The summed E-state index contributed by atoms with van der Waals surface area (Å²) in [6.07, 6.45) is -0.767. The summed E-state index contributed by atoms with van der Waals surface area (Å²) < 4.78 is 29.9. The minimum atomic E-state index is -0.982. The van der Waals surface area contributed by atoms with E-state index in [0.717, 1.165) is 38.5 Å². The summed E-state index contributed by atoms with van der Waals surface area (Å²) in [5.74, 6) is 0.305. The number of aliphatic imine (C=N–C) groups is 1. The summed E-state index contributed by atoms with van der Waals surface area (Å²) in [4.78, 5) is 65.5. The number of β-amino-alcohol motifs (C(OH)–C–C–N with tert-alkyl or cyclic N) is 1. The van der Waals surface area contributed by atoms with E-state index >= 15 is 0 Å². The zero-order chi connectivity index (χ0) is 52.1. The lowest BCUT2D eigenvalue weighted by molar-refractivity contribution is -0.144. The van der Waals surface area contributed by atoms with E-state index in [1.165, 1.54) is 4.90 Å². The van der Waals surface area contributed by atoms with E-state index in [2.05, 4.69) is 31.1 Å². The topological polar surface area (TPSA) is 230 Å². The first kappa shape index (κ1) is 54.6. The monoisotopic (exact) mass is 1040 g/mol. The van der Waals surface area contributed by atoms with Gasteiger partial charge in [-0.2, -0.15) is 0 Å². The Bertz CT molecular complexity index is 2710. The number of rotatable bonds is 24. The van der Waals surface area contributed by atoms with Gasteiger partial charge in [-0.3, -0.25) is 28.7 Å². The number of aromatic nitrogens is 4. The van der Waals surface area contributed by atoms with Crippen LogP contribution in [0.2, 0.25) is 5.02 Å². The molecular weight excluding hydrogens is 978 g/mol. The van der Waals surface area contributed by atoms with E-state index in [0.29, 0.717) is 48.0 Å². The van der Waals surface area contributed by atoms with Crippen molar-refractivity contribution in [3.8, 4) is 21.9 Å². The van der Waals surface area contributed by atoms with Crippen molar-refractivity contribution in [3.63, 3.8) is 0 Å². The predicted molar refractivity (Wildman–Crippen MR) is 275 cm³/mol. The van der Waals surface area contributed by atoms with Gasteiger partial charge in [0.05, 0.1) is 93.4 Å². The van der Waals surface area contributed by atoms with Gasteiger partial charge >= 0.3 is 0 Å². The largest absolute Gasteiger partial charge is 0.497 e. The molecule has 4 heterocycles. The molecule has 4 amide bonds. The Morgan fingerprint density at radius 3 is 2.18 bits per heavy atom. The average Bonchev–Trinajstić information content (AvgIpc) is 4.08. The van der Waals surface area contributed by atoms with Crippen molar-refractivity contribution in [2.45, 2.75) is 78.2 Å². The number of amides is 4. The van der Waals surface area contributed by atoms with Crippen molar-refractivity contribution in [2.75, 3.05) is 73.1 Å². The van der Waals surface area contributed by atoms with Gasteiger partial charge in [0.15, 0.2) is 5.82 Å². The van der Waals surface area contributed by atoms with E-state index in [1.54, 1.807) is 30.6 Å². The molecule has 1 saturated heterocycles. The molecule has 0 spiro atoms. The molecule has 0 aliphatic carbocycles. The summed E-state index contributed by atoms with van der Waals surface area (Å²) in [6, 6.07) is 18.4. The second-order valence-electron chi connectivity index (χ2n) is 18.7. The fourth-order valence-corrected chi connectivity index (χ4v) is 9.43. The third-order valence-corrected chi connectivity index (χ3v) is 13.5. The van der Waals surface area contributed by atoms with Gasteiger partial charge in [0.25, 0.3) is 0 Å². The Balaban J connectivity index is 0.757. The number of hydrogen-bond acceptors (Lipinski definition) is 15. The maximum absolute atomic E-state index is 14.0. The molecule has 4 atom stereocenters. The van der Waals surface area contributed by atoms with Crippen molar-refractivity contribution in [2.24, 2.45) is 10.4 Å². The number of ether oxygens (including phenoxy) is 5. The highest BCUT2D eigenvalue weighted by Crippen LogP contribution is 2.35. The summed E-state index contributed by atoms with van der Waals surface area (Å²) in [7, 11) is 1.61. The van der Waals surface area contributed by atoms with Crippen LogP contribution in [0.5, 0.6) is 5.75 Å². The third-order valence-electron chi connectivity index (χ3n) is 12.3. The number of methoxy groups -OCH3 is 1. The highest BCUT2D eigenvalue weighted by Gasteiger charge is 2.44. The lowest BCUT2D eigenvalue weighted by atomic mass is 9.85. The minimum Gasteiger partial charge on any atom is -0.497 e. The molecule has 4 N–H and O–H groups in total. The number of aliphatic hydroxyl groups excluding tert-OH is 1. The lowest BCUT2D eigenvalue weighted by Gasteiger charge is -2.35. The highest BCUT2D eigenvalue weighted by atomic mass is 35.5. The van der Waals surface area contributed by atoms with Crippen LogP contribution in [0.15, 0.2) is 77.2 Å². The standard InChI is InChI=1S/C52H64ClN9O10S/c1-32-47(73-31-56-32)36-9-7-34(8-10-36)28-55-50(66)43-25-38(63)29-61(43)51(67)48(52(3,4)5)58-45(65)30-72-24-23-71-22-21-70-20-19-69-18-17-54-44(64)27-41-49-60-59-33(2)62(49)42-16-15-39(68-6)26-40(42)46(57-41)35-11-13-37(53)14-12-35/h7-16,26,31,38,41,43,48,63H,17-25,27-30H2,1-6H3,(H,54,64)(H,55,66)(H,58,65)/t38-,41?,43+,48-/m1/s1. The van der Waals surface area contributed by atoms with Crippen molar-refractivity contribution in [3.05, 3.63) is 111 Å². The molecule has 19 nitrogen and oxygen atoms in total. The number of hydrogen-bond donors (Lipinski definition) is 4. The Kier molecular flexibility index (Phi) is 19.2. The highest BCUT2D eigenvalue weighted by molar-refractivity contribution is 7.13. The van der Waals surface area contributed by atoms with Crippen LogP contribution in [0.3, 0.4) is 0 Å². The molecular formula is C52H64ClN9O10S. The van der Waals surface area contributed by atoms with Crippen molar-refractivity contribution < 1.29 is 48.0 Å². The van der Waals surface area contributed by atoms with Crippen LogP contribution in [-0.2, 0) is 44.7 Å². The van der Waals surface area contributed by atoms with Crippen LogP contribution in [0, 0.1) is 19.3 Å². The van der Waals surface area contributed by atoms with Gasteiger partial charge in [0, 0.05) is 42.2 Å². The fourth-order valence-electron chi connectivity index (χ4n) is 8.49. The molecule has 390 valence electrons.